The molecule has 0 spiro atoms. The summed E-state index contributed by atoms with van der Waals surface area (Å²) in [5, 5.41) is 6.45. The molecule has 0 unspecified atom stereocenters. The Labute approximate surface area is 111 Å². The smallest absolute Gasteiger partial charge is 0.323 e. The zero-order valence-electron chi connectivity index (χ0n) is 10.4. The second kappa shape index (κ2) is 5.73. The van der Waals surface area contributed by atoms with Gasteiger partial charge in [-0.05, 0) is 30.4 Å². The van der Waals surface area contributed by atoms with Crippen LogP contribution in [0.2, 0.25) is 0 Å². The molecule has 96 valence electrons. The highest BCUT2D eigenvalue weighted by molar-refractivity contribution is 6.01. The number of carbonyl (C=O) groups excluding carboxylic acids is 1. The van der Waals surface area contributed by atoms with Crippen molar-refractivity contribution in [2.24, 2.45) is 0 Å². The topological polar surface area (TPSA) is 56.9 Å². The van der Waals surface area contributed by atoms with Gasteiger partial charge in [0.05, 0.1) is 5.69 Å². The van der Waals surface area contributed by atoms with Gasteiger partial charge in [0.1, 0.15) is 0 Å². The number of nitrogens with one attached hydrogen (secondary N) is 3. The number of allylic oxidation sites excluding steroid dienone is 3. The van der Waals surface area contributed by atoms with E-state index in [1.165, 1.54) is 0 Å². The minimum Gasteiger partial charge on any atom is -0.361 e. The van der Waals surface area contributed by atoms with Gasteiger partial charge in [-0.25, -0.2) is 4.79 Å². The standard InChI is InChI=1S/C15H15N3O/c1-3-6-11(4-2)17-15(19)18-14-8-5-7-13-12(14)9-10-16-13/h3-10,16H,1-2H2,(H2,17,18,19)/b11-6+. The van der Waals surface area contributed by atoms with Gasteiger partial charge in [0.15, 0.2) is 0 Å². The molecule has 0 saturated heterocycles. The van der Waals surface area contributed by atoms with E-state index in [-0.39, 0.29) is 6.03 Å². The zero-order valence-corrected chi connectivity index (χ0v) is 10.4. The lowest BCUT2D eigenvalue weighted by molar-refractivity contribution is 0.254. The van der Waals surface area contributed by atoms with Crippen LogP contribution in [0.1, 0.15) is 0 Å². The lowest BCUT2D eigenvalue weighted by atomic mass is 10.2. The fourth-order valence-corrected chi connectivity index (χ4v) is 1.77. The molecule has 2 amide bonds. The van der Waals surface area contributed by atoms with E-state index >= 15 is 0 Å². The van der Waals surface area contributed by atoms with E-state index < -0.39 is 0 Å². The molecule has 0 saturated carbocycles. The minimum atomic E-state index is -0.318. The van der Waals surface area contributed by atoms with Gasteiger partial charge in [-0.3, -0.25) is 0 Å². The minimum absolute atomic E-state index is 0.318. The van der Waals surface area contributed by atoms with Crippen LogP contribution in [-0.4, -0.2) is 11.0 Å². The number of fused-ring (bicyclic) bond motifs is 1. The van der Waals surface area contributed by atoms with E-state index in [4.69, 9.17) is 0 Å². The molecule has 0 aliphatic carbocycles. The molecule has 0 fully saturated rings. The number of aromatic nitrogens is 1. The lowest BCUT2D eigenvalue weighted by Crippen LogP contribution is -2.27. The Morgan fingerprint density at radius 1 is 1.26 bits per heavy atom. The zero-order chi connectivity index (χ0) is 13.7. The second-order valence-electron chi connectivity index (χ2n) is 3.89. The third-order valence-electron chi connectivity index (χ3n) is 2.62. The highest BCUT2D eigenvalue weighted by atomic mass is 16.2. The Morgan fingerprint density at radius 2 is 2.11 bits per heavy atom. The van der Waals surface area contributed by atoms with Crippen molar-refractivity contribution in [1.29, 1.82) is 0 Å². The van der Waals surface area contributed by atoms with Gasteiger partial charge in [-0.1, -0.05) is 25.3 Å². The quantitative estimate of drug-likeness (QED) is 0.717. The SMILES string of the molecule is C=C/C=C(\C=C)NC(=O)Nc1cccc2[nH]ccc12. The fourth-order valence-electron chi connectivity index (χ4n) is 1.77. The van der Waals surface area contributed by atoms with Gasteiger partial charge in [-0.15, -0.1) is 0 Å². The molecule has 2 rings (SSSR count). The van der Waals surface area contributed by atoms with E-state index in [0.717, 1.165) is 16.6 Å². The van der Waals surface area contributed by atoms with Crippen molar-refractivity contribution in [3.63, 3.8) is 0 Å². The van der Waals surface area contributed by atoms with Crippen molar-refractivity contribution >= 4 is 22.6 Å². The van der Waals surface area contributed by atoms with E-state index in [2.05, 4.69) is 28.8 Å². The Balaban J connectivity index is 2.15. The van der Waals surface area contributed by atoms with Crippen molar-refractivity contribution in [2.45, 2.75) is 0 Å². The maximum atomic E-state index is 11.9. The van der Waals surface area contributed by atoms with Crippen LogP contribution in [0.25, 0.3) is 10.9 Å². The number of benzene rings is 1. The van der Waals surface area contributed by atoms with Crippen LogP contribution in [0.3, 0.4) is 0 Å². The molecule has 4 heteroatoms. The molecule has 0 atom stereocenters. The summed E-state index contributed by atoms with van der Waals surface area (Å²) in [7, 11) is 0. The van der Waals surface area contributed by atoms with E-state index in [1.54, 1.807) is 18.2 Å². The number of hydrogen-bond acceptors (Lipinski definition) is 1. The van der Waals surface area contributed by atoms with Gasteiger partial charge in [-0.2, -0.15) is 0 Å². The van der Waals surface area contributed by atoms with Gasteiger partial charge >= 0.3 is 6.03 Å². The number of hydrogen-bond donors (Lipinski definition) is 3. The molecule has 1 aromatic carbocycles. The Kier molecular flexibility index (Phi) is 3.83. The predicted octanol–water partition coefficient (Wildman–Crippen LogP) is 3.55. The average molecular weight is 253 g/mol. The number of anilines is 1. The molecule has 2 aromatic rings. The molecule has 0 aliphatic heterocycles. The molecule has 1 heterocycles. The third-order valence-corrected chi connectivity index (χ3v) is 2.62. The van der Waals surface area contributed by atoms with Crippen LogP contribution < -0.4 is 10.6 Å². The highest BCUT2D eigenvalue weighted by Crippen LogP contribution is 2.21. The molecule has 0 bridgehead atoms. The number of rotatable bonds is 4. The van der Waals surface area contributed by atoms with E-state index in [1.807, 2.05) is 30.5 Å². The monoisotopic (exact) mass is 253 g/mol. The number of aromatic amines is 1. The van der Waals surface area contributed by atoms with Gasteiger partial charge in [0.25, 0.3) is 0 Å². The van der Waals surface area contributed by atoms with Crippen LogP contribution in [0, 0.1) is 0 Å². The first-order chi connectivity index (χ1) is 9.24. The predicted molar refractivity (Wildman–Crippen MR) is 78.9 cm³/mol. The number of carbonyl (C=O) groups is 1. The molecule has 0 aliphatic rings. The third kappa shape index (κ3) is 2.93. The van der Waals surface area contributed by atoms with E-state index in [0.29, 0.717) is 5.70 Å². The van der Waals surface area contributed by atoms with Crippen LogP contribution in [0.5, 0.6) is 0 Å². The van der Waals surface area contributed by atoms with Crippen molar-refractivity contribution in [3.05, 3.63) is 67.5 Å². The molecule has 0 radical (unpaired) electrons. The van der Waals surface area contributed by atoms with Crippen LogP contribution in [0.15, 0.2) is 67.5 Å². The first-order valence-corrected chi connectivity index (χ1v) is 5.84. The van der Waals surface area contributed by atoms with Crippen molar-refractivity contribution < 1.29 is 4.79 Å². The Hall–Kier alpha value is -2.75. The Bertz CT molecular complexity index is 652. The lowest BCUT2D eigenvalue weighted by Gasteiger charge is -2.08. The normalized spacial score (nSPS) is 11.1. The molecule has 4 nitrogen and oxygen atoms in total. The number of urea groups is 1. The summed E-state index contributed by atoms with van der Waals surface area (Å²) in [5.41, 5.74) is 2.32. The van der Waals surface area contributed by atoms with Crippen molar-refractivity contribution in [2.75, 3.05) is 5.32 Å². The summed E-state index contributed by atoms with van der Waals surface area (Å²) in [5.74, 6) is 0. The molecular formula is C15H15N3O. The summed E-state index contributed by atoms with van der Waals surface area (Å²) in [6.07, 6.45) is 6.65. The van der Waals surface area contributed by atoms with Gasteiger partial charge in [0.2, 0.25) is 0 Å². The first kappa shape index (κ1) is 12.7. The van der Waals surface area contributed by atoms with E-state index in [9.17, 15) is 4.79 Å². The maximum Gasteiger partial charge on any atom is 0.323 e. The van der Waals surface area contributed by atoms with Crippen molar-refractivity contribution in [1.82, 2.24) is 10.3 Å². The maximum absolute atomic E-state index is 11.9. The first-order valence-electron chi connectivity index (χ1n) is 5.84. The molecular weight excluding hydrogens is 238 g/mol. The van der Waals surface area contributed by atoms with Crippen molar-refractivity contribution in [3.8, 4) is 0 Å². The number of amides is 2. The highest BCUT2D eigenvalue weighted by Gasteiger charge is 2.06. The largest absolute Gasteiger partial charge is 0.361 e. The summed E-state index contributed by atoms with van der Waals surface area (Å²) in [6, 6.07) is 7.27. The summed E-state index contributed by atoms with van der Waals surface area (Å²) in [6.45, 7) is 7.19. The molecule has 19 heavy (non-hydrogen) atoms. The Morgan fingerprint density at radius 3 is 2.84 bits per heavy atom. The van der Waals surface area contributed by atoms with Crippen LogP contribution in [-0.2, 0) is 0 Å². The summed E-state index contributed by atoms with van der Waals surface area (Å²) < 4.78 is 0. The van der Waals surface area contributed by atoms with Crippen LogP contribution >= 0.6 is 0 Å². The second-order valence-corrected chi connectivity index (χ2v) is 3.89. The molecule has 1 aromatic heterocycles. The van der Waals surface area contributed by atoms with Crippen LogP contribution in [0.4, 0.5) is 10.5 Å². The van der Waals surface area contributed by atoms with Gasteiger partial charge in [0, 0.05) is 22.8 Å². The summed E-state index contributed by atoms with van der Waals surface area (Å²) >= 11 is 0. The van der Waals surface area contributed by atoms with Gasteiger partial charge < -0.3 is 15.6 Å². The number of H-pyrrole nitrogens is 1. The summed E-state index contributed by atoms with van der Waals surface area (Å²) in [4.78, 5) is 15.0. The average Bonchev–Trinajstić information content (AvgIpc) is 2.87. The molecule has 3 N–H and O–H groups in total. The fraction of sp³-hybridized carbons (Fsp3) is 0.